The molecule has 1 N–H and O–H groups in total. The molecule has 5 nitrogen and oxygen atoms in total. The number of hydrogen-bond donors (Lipinski definition) is 1. The van der Waals surface area contributed by atoms with E-state index in [0.717, 1.165) is 11.4 Å². The molecule has 0 amide bonds. The molecule has 0 aromatic carbocycles. The number of pyridine rings is 1. The van der Waals surface area contributed by atoms with E-state index in [1.165, 1.54) is 20.0 Å². The monoisotopic (exact) mass is 264 g/mol. The molecule has 1 aromatic heterocycles. The van der Waals surface area contributed by atoms with Crippen LogP contribution in [-0.2, 0) is 16.1 Å². The molecule has 0 aliphatic heterocycles. The first-order chi connectivity index (χ1) is 9.10. The van der Waals surface area contributed by atoms with Gasteiger partial charge in [-0.3, -0.25) is 4.98 Å². The van der Waals surface area contributed by atoms with E-state index in [1.54, 1.807) is 6.92 Å². The number of nitrogens with one attached hydrogen (secondary N) is 1. The minimum absolute atomic E-state index is 0.387. The van der Waals surface area contributed by atoms with E-state index in [-0.39, 0.29) is 5.97 Å². The molecule has 5 heteroatoms. The number of esters is 1. The maximum atomic E-state index is 11.4. The second-order valence-electron chi connectivity index (χ2n) is 4.84. The summed E-state index contributed by atoms with van der Waals surface area (Å²) in [6.07, 6.45) is 1.82. The smallest absolute Gasteiger partial charge is 0.346 e. The van der Waals surface area contributed by atoms with E-state index in [9.17, 15) is 4.79 Å². The number of carbonyl (C=O) groups is 1. The molecule has 1 unspecified atom stereocenters. The maximum absolute atomic E-state index is 11.4. The average Bonchev–Trinajstić information content (AvgIpc) is 3.22. The Morgan fingerprint density at radius 3 is 2.89 bits per heavy atom. The minimum atomic E-state index is -0.630. The van der Waals surface area contributed by atoms with Crippen molar-refractivity contribution in [2.45, 2.75) is 45.4 Å². The summed E-state index contributed by atoms with van der Waals surface area (Å²) in [6, 6.07) is 4.33. The van der Waals surface area contributed by atoms with Crippen LogP contribution in [0.25, 0.3) is 0 Å². The lowest BCUT2D eigenvalue weighted by Gasteiger charge is -2.15. The topological polar surface area (TPSA) is 60.5 Å². The van der Waals surface area contributed by atoms with Gasteiger partial charge in [-0.25, -0.2) is 4.79 Å². The van der Waals surface area contributed by atoms with Gasteiger partial charge >= 0.3 is 5.97 Å². The van der Waals surface area contributed by atoms with Crippen LogP contribution in [0, 0.1) is 6.92 Å². The number of carbonyl (C=O) groups excluding carboxylic acids is 1. The molecule has 1 aliphatic carbocycles. The van der Waals surface area contributed by atoms with Gasteiger partial charge in [0.1, 0.15) is 5.75 Å². The predicted molar refractivity (Wildman–Crippen MR) is 70.9 cm³/mol. The molecule has 1 atom stereocenters. The van der Waals surface area contributed by atoms with Crippen LogP contribution in [0.4, 0.5) is 0 Å². The zero-order valence-electron chi connectivity index (χ0n) is 11.6. The largest absolute Gasteiger partial charge is 0.477 e. The number of aryl methyl sites for hydroxylation is 1. The first-order valence-corrected chi connectivity index (χ1v) is 6.54. The second kappa shape index (κ2) is 6.02. The van der Waals surface area contributed by atoms with Crippen LogP contribution in [0.5, 0.6) is 5.75 Å². The van der Waals surface area contributed by atoms with Crippen molar-refractivity contribution in [2.75, 3.05) is 7.11 Å². The Balaban J connectivity index is 2.06. The van der Waals surface area contributed by atoms with E-state index >= 15 is 0 Å². The SMILES string of the molecule is COC(=O)C(C)Oc1ccc(C)nc1CNC1CC1. The molecule has 1 saturated carbocycles. The van der Waals surface area contributed by atoms with Gasteiger partial charge < -0.3 is 14.8 Å². The normalized spacial score (nSPS) is 15.9. The van der Waals surface area contributed by atoms with Crippen LogP contribution in [0.15, 0.2) is 12.1 Å². The van der Waals surface area contributed by atoms with Gasteiger partial charge in [0, 0.05) is 18.3 Å². The van der Waals surface area contributed by atoms with Gasteiger partial charge in [-0.05, 0) is 38.8 Å². The fraction of sp³-hybridized carbons (Fsp3) is 0.571. The van der Waals surface area contributed by atoms with Crippen molar-refractivity contribution in [1.82, 2.24) is 10.3 Å². The summed E-state index contributed by atoms with van der Waals surface area (Å²) in [4.78, 5) is 15.9. The van der Waals surface area contributed by atoms with Gasteiger partial charge in [0.15, 0.2) is 6.10 Å². The van der Waals surface area contributed by atoms with E-state index in [2.05, 4.69) is 15.0 Å². The lowest BCUT2D eigenvalue weighted by Crippen LogP contribution is -2.26. The number of methoxy groups -OCH3 is 1. The number of aromatic nitrogens is 1. The molecule has 1 aliphatic rings. The van der Waals surface area contributed by atoms with Gasteiger partial charge in [-0.2, -0.15) is 0 Å². The van der Waals surface area contributed by atoms with Gasteiger partial charge in [0.25, 0.3) is 0 Å². The van der Waals surface area contributed by atoms with Crippen molar-refractivity contribution >= 4 is 5.97 Å². The van der Waals surface area contributed by atoms with E-state index < -0.39 is 6.10 Å². The highest BCUT2D eigenvalue weighted by Gasteiger charge is 2.22. The molecule has 1 heterocycles. The second-order valence-corrected chi connectivity index (χ2v) is 4.84. The molecule has 1 fully saturated rings. The van der Waals surface area contributed by atoms with Crippen molar-refractivity contribution in [2.24, 2.45) is 0 Å². The lowest BCUT2D eigenvalue weighted by molar-refractivity contribution is -0.147. The first kappa shape index (κ1) is 13.8. The number of hydrogen-bond acceptors (Lipinski definition) is 5. The lowest BCUT2D eigenvalue weighted by atomic mass is 10.2. The van der Waals surface area contributed by atoms with Crippen molar-refractivity contribution in [1.29, 1.82) is 0 Å². The molecule has 0 bridgehead atoms. The Morgan fingerprint density at radius 1 is 1.53 bits per heavy atom. The molecule has 19 heavy (non-hydrogen) atoms. The van der Waals surface area contributed by atoms with Crippen molar-refractivity contribution in [3.8, 4) is 5.75 Å². The van der Waals surface area contributed by atoms with E-state index in [1.807, 2.05) is 19.1 Å². The van der Waals surface area contributed by atoms with Crippen LogP contribution in [-0.4, -0.2) is 30.2 Å². The van der Waals surface area contributed by atoms with E-state index in [4.69, 9.17) is 4.74 Å². The van der Waals surface area contributed by atoms with Crippen LogP contribution in [0.1, 0.15) is 31.2 Å². The average molecular weight is 264 g/mol. The zero-order chi connectivity index (χ0) is 13.8. The molecule has 0 saturated heterocycles. The minimum Gasteiger partial charge on any atom is -0.477 e. The third-order valence-electron chi connectivity index (χ3n) is 3.04. The fourth-order valence-corrected chi connectivity index (χ4v) is 1.76. The summed E-state index contributed by atoms with van der Waals surface area (Å²) in [6.45, 7) is 4.27. The number of ether oxygens (including phenoxy) is 2. The van der Waals surface area contributed by atoms with Crippen molar-refractivity contribution in [3.05, 3.63) is 23.5 Å². The quantitative estimate of drug-likeness (QED) is 0.790. The zero-order valence-corrected chi connectivity index (χ0v) is 11.6. The summed E-state index contributed by atoms with van der Waals surface area (Å²) in [5.74, 6) is 0.248. The molecule has 1 aromatic rings. The van der Waals surface area contributed by atoms with Crippen LogP contribution >= 0.6 is 0 Å². The Kier molecular flexibility index (Phi) is 4.37. The van der Waals surface area contributed by atoms with Crippen molar-refractivity contribution < 1.29 is 14.3 Å². The standard InChI is InChI=1S/C14H20N2O3/c1-9-4-7-13(19-10(2)14(17)18-3)12(16-9)8-15-11-5-6-11/h4,7,10-11,15H,5-6,8H2,1-3H3. The Bertz CT molecular complexity index is 458. The Morgan fingerprint density at radius 2 is 2.26 bits per heavy atom. The van der Waals surface area contributed by atoms with Gasteiger partial charge in [-0.15, -0.1) is 0 Å². The van der Waals surface area contributed by atoms with Crippen LogP contribution in [0.3, 0.4) is 0 Å². The van der Waals surface area contributed by atoms with Crippen LogP contribution in [0.2, 0.25) is 0 Å². The summed E-state index contributed by atoms with van der Waals surface area (Å²) < 4.78 is 10.3. The highest BCUT2D eigenvalue weighted by atomic mass is 16.6. The fourth-order valence-electron chi connectivity index (χ4n) is 1.76. The van der Waals surface area contributed by atoms with Gasteiger partial charge in [0.05, 0.1) is 12.8 Å². The van der Waals surface area contributed by atoms with Crippen molar-refractivity contribution in [3.63, 3.8) is 0 Å². The third kappa shape index (κ3) is 3.92. The predicted octanol–water partition coefficient (Wildman–Crippen LogP) is 1.58. The summed E-state index contributed by atoms with van der Waals surface area (Å²) >= 11 is 0. The molecular formula is C14H20N2O3. The van der Waals surface area contributed by atoms with E-state index in [0.29, 0.717) is 18.3 Å². The summed E-state index contributed by atoms with van der Waals surface area (Å²) in [5.41, 5.74) is 1.77. The van der Waals surface area contributed by atoms with Gasteiger partial charge in [-0.1, -0.05) is 0 Å². The molecule has 2 rings (SSSR count). The third-order valence-corrected chi connectivity index (χ3v) is 3.04. The molecule has 0 radical (unpaired) electrons. The summed E-state index contributed by atoms with van der Waals surface area (Å²) in [7, 11) is 1.35. The highest BCUT2D eigenvalue weighted by molar-refractivity contribution is 5.74. The Hall–Kier alpha value is -1.62. The first-order valence-electron chi connectivity index (χ1n) is 6.54. The Labute approximate surface area is 113 Å². The highest BCUT2D eigenvalue weighted by Crippen LogP contribution is 2.22. The van der Waals surface area contributed by atoms with Crippen LogP contribution < -0.4 is 10.1 Å². The summed E-state index contributed by atoms with van der Waals surface area (Å²) in [5, 5.41) is 3.40. The van der Waals surface area contributed by atoms with Gasteiger partial charge in [0.2, 0.25) is 0 Å². The molecule has 0 spiro atoms. The number of rotatable bonds is 6. The maximum Gasteiger partial charge on any atom is 0.346 e. The molecule has 104 valence electrons. The number of nitrogens with zero attached hydrogens (tertiary/aromatic N) is 1. The molecular weight excluding hydrogens is 244 g/mol.